The first-order valence-electron chi connectivity index (χ1n) is 3.51. The highest BCUT2D eigenvalue weighted by Crippen LogP contribution is 2.10. The van der Waals surface area contributed by atoms with E-state index < -0.39 is 5.97 Å². The van der Waals surface area contributed by atoms with Crippen LogP contribution in [0.15, 0.2) is 17.3 Å². The number of methoxy groups -OCH3 is 2. The van der Waals surface area contributed by atoms with Crippen molar-refractivity contribution in [2.45, 2.75) is 0 Å². The first-order valence-corrected chi connectivity index (χ1v) is 4.39. The van der Waals surface area contributed by atoms with Crippen LogP contribution < -0.4 is 0 Å². The Morgan fingerprint density at radius 2 is 2.31 bits per heavy atom. The van der Waals surface area contributed by atoms with Crippen molar-refractivity contribution in [1.29, 1.82) is 0 Å². The highest BCUT2D eigenvalue weighted by Gasteiger charge is 2.09. The molecule has 0 spiro atoms. The lowest BCUT2D eigenvalue weighted by Gasteiger charge is -2.01. The summed E-state index contributed by atoms with van der Waals surface area (Å²) in [5.41, 5.74) is 0. The van der Waals surface area contributed by atoms with Crippen molar-refractivity contribution in [3.8, 4) is 0 Å². The summed E-state index contributed by atoms with van der Waals surface area (Å²) in [5, 5.41) is 2.53. The smallest absolute Gasteiger partial charge is 0.373 e. The number of aromatic nitrogens is 1. The lowest BCUT2D eigenvalue weighted by atomic mass is 10.4. The second-order valence-corrected chi connectivity index (χ2v) is 3.00. The summed E-state index contributed by atoms with van der Waals surface area (Å²) in [4.78, 5) is 15.0. The molecule has 0 radical (unpaired) electrons. The molecule has 5 heteroatoms. The zero-order valence-electron chi connectivity index (χ0n) is 7.31. The number of rotatable bonds is 3. The first kappa shape index (κ1) is 9.73. The molecule has 70 valence electrons. The zero-order valence-corrected chi connectivity index (χ0v) is 8.13. The van der Waals surface area contributed by atoms with Crippen molar-refractivity contribution in [3.63, 3.8) is 0 Å². The van der Waals surface area contributed by atoms with Crippen LogP contribution >= 0.6 is 11.3 Å². The van der Waals surface area contributed by atoms with Crippen molar-refractivity contribution >= 4 is 23.4 Å². The van der Waals surface area contributed by atoms with Crippen molar-refractivity contribution in [2.75, 3.05) is 14.2 Å². The summed E-state index contributed by atoms with van der Waals surface area (Å²) in [7, 11) is 2.72. The molecular formula is C8H9NO3S. The third kappa shape index (κ3) is 2.55. The molecule has 0 aliphatic carbocycles. The molecule has 0 atom stereocenters. The third-order valence-corrected chi connectivity index (χ3v) is 2.04. The molecule has 0 bridgehead atoms. The maximum Gasteiger partial charge on any atom is 0.373 e. The van der Waals surface area contributed by atoms with Gasteiger partial charge in [-0.1, -0.05) is 0 Å². The molecule has 1 rings (SSSR count). The lowest BCUT2D eigenvalue weighted by molar-refractivity contribution is -0.139. The standard InChI is InChI=1S/C8H9NO3S/c1-11-6(8(10)12-2)5-7-9-3-4-13-7/h3-5H,1-2H3/b6-5-. The second kappa shape index (κ2) is 4.61. The van der Waals surface area contributed by atoms with E-state index in [1.807, 2.05) is 5.38 Å². The fourth-order valence-corrected chi connectivity index (χ4v) is 1.28. The molecule has 0 aliphatic rings. The second-order valence-electron chi connectivity index (χ2n) is 2.07. The number of thiazole rings is 1. The van der Waals surface area contributed by atoms with E-state index in [2.05, 4.69) is 9.72 Å². The average Bonchev–Trinajstić information content (AvgIpc) is 2.65. The van der Waals surface area contributed by atoms with Gasteiger partial charge in [0.25, 0.3) is 0 Å². The van der Waals surface area contributed by atoms with Crippen molar-refractivity contribution in [1.82, 2.24) is 4.98 Å². The quantitative estimate of drug-likeness (QED) is 0.418. The highest BCUT2D eigenvalue weighted by atomic mass is 32.1. The van der Waals surface area contributed by atoms with E-state index in [1.54, 1.807) is 6.20 Å². The molecule has 0 fully saturated rings. The van der Waals surface area contributed by atoms with Gasteiger partial charge in [0.2, 0.25) is 5.76 Å². The molecule has 0 saturated heterocycles. The van der Waals surface area contributed by atoms with Gasteiger partial charge >= 0.3 is 5.97 Å². The molecule has 4 nitrogen and oxygen atoms in total. The number of hydrogen-bond donors (Lipinski definition) is 0. The number of carbonyl (C=O) groups is 1. The summed E-state index contributed by atoms with van der Waals surface area (Å²) in [6, 6.07) is 0. The maximum atomic E-state index is 11.0. The third-order valence-electron chi connectivity index (χ3n) is 1.31. The van der Waals surface area contributed by atoms with Crippen LogP contribution in [0.4, 0.5) is 0 Å². The minimum Gasteiger partial charge on any atom is -0.490 e. The van der Waals surface area contributed by atoms with Crippen molar-refractivity contribution < 1.29 is 14.3 Å². The Balaban J connectivity index is 2.83. The molecule has 0 unspecified atom stereocenters. The molecule has 0 aliphatic heterocycles. The Hall–Kier alpha value is -1.36. The fourth-order valence-electron chi connectivity index (χ4n) is 0.720. The molecular weight excluding hydrogens is 190 g/mol. The fraction of sp³-hybridized carbons (Fsp3) is 0.250. The van der Waals surface area contributed by atoms with Gasteiger partial charge in [0.1, 0.15) is 5.01 Å². The van der Waals surface area contributed by atoms with Crippen LogP contribution in [0.5, 0.6) is 0 Å². The molecule has 0 amide bonds. The number of esters is 1. The molecule has 0 N–H and O–H groups in total. The number of hydrogen-bond acceptors (Lipinski definition) is 5. The van der Waals surface area contributed by atoms with E-state index in [0.29, 0.717) is 5.01 Å². The summed E-state index contributed by atoms with van der Waals surface area (Å²) in [6.07, 6.45) is 3.19. The van der Waals surface area contributed by atoms with E-state index in [4.69, 9.17) is 4.74 Å². The van der Waals surface area contributed by atoms with E-state index in [1.165, 1.54) is 31.6 Å². The number of nitrogens with zero attached hydrogens (tertiary/aromatic N) is 1. The van der Waals surface area contributed by atoms with Gasteiger partial charge in [-0.15, -0.1) is 11.3 Å². The number of ether oxygens (including phenoxy) is 2. The van der Waals surface area contributed by atoms with Crippen LogP contribution in [0, 0.1) is 0 Å². The zero-order chi connectivity index (χ0) is 9.68. The Morgan fingerprint density at radius 3 is 2.77 bits per heavy atom. The Morgan fingerprint density at radius 1 is 1.54 bits per heavy atom. The van der Waals surface area contributed by atoms with Crippen LogP contribution in [0.2, 0.25) is 0 Å². The van der Waals surface area contributed by atoms with Crippen LogP contribution in [0.1, 0.15) is 5.01 Å². The maximum absolute atomic E-state index is 11.0. The van der Waals surface area contributed by atoms with Gasteiger partial charge in [0.05, 0.1) is 14.2 Å². The largest absolute Gasteiger partial charge is 0.490 e. The molecule has 13 heavy (non-hydrogen) atoms. The Kier molecular flexibility index (Phi) is 3.45. The Bertz CT molecular complexity index is 305. The minimum atomic E-state index is -0.502. The summed E-state index contributed by atoms with van der Waals surface area (Å²) < 4.78 is 9.33. The predicted molar refractivity (Wildman–Crippen MR) is 49.1 cm³/mol. The predicted octanol–water partition coefficient (Wildman–Crippen LogP) is 1.30. The molecule has 1 heterocycles. The number of carbonyl (C=O) groups excluding carboxylic acids is 1. The summed E-state index contributed by atoms with van der Waals surface area (Å²) in [6.45, 7) is 0. The topological polar surface area (TPSA) is 48.4 Å². The van der Waals surface area contributed by atoms with Crippen molar-refractivity contribution in [3.05, 3.63) is 22.3 Å². The highest BCUT2D eigenvalue weighted by molar-refractivity contribution is 7.10. The van der Waals surface area contributed by atoms with Gasteiger partial charge in [0, 0.05) is 17.7 Å². The van der Waals surface area contributed by atoms with Crippen LogP contribution in [-0.4, -0.2) is 25.2 Å². The van der Waals surface area contributed by atoms with Crippen molar-refractivity contribution in [2.24, 2.45) is 0 Å². The van der Waals surface area contributed by atoms with E-state index in [0.717, 1.165) is 0 Å². The van der Waals surface area contributed by atoms with Gasteiger partial charge < -0.3 is 9.47 Å². The molecule has 1 aromatic heterocycles. The molecule has 1 aromatic rings. The summed E-state index contributed by atoms with van der Waals surface area (Å²) in [5.74, 6) is -0.352. The van der Waals surface area contributed by atoms with Gasteiger partial charge in [-0.05, 0) is 0 Å². The van der Waals surface area contributed by atoms with Gasteiger partial charge in [-0.25, -0.2) is 9.78 Å². The van der Waals surface area contributed by atoms with Gasteiger partial charge in [0.15, 0.2) is 0 Å². The van der Waals surface area contributed by atoms with Crippen LogP contribution in [-0.2, 0) is 14.3 Å². The Labute approximate surface area is 79.8 Å². The molecule has 0 aromatic carbocycles. The van der Waals surface area contributed by atoms with Crippen LogP contribution in [0.25, 0.3) is 6.08 Å². The van der Waals surface area contributed by atoms with E-state index in [-0.39, 0.29) is 5.76 Å². The summed E-state index contributed by atoms with van der Waals surface area (Å²) >= 11 is 1.42. The SMILES string of the molecule is COC(=O)/C(=C/c1nccs1)OC. The minimum absolute atomic E-state index is 0.150. The lowest BCUT2D eigenvalue weighted by Crippen LogP contribution is -2.05. The van der Waals surface area contributed by atoms with Gasteiger partial charge in [-0.3, -0.25) is 0 Å². The van der Waals surface area contributed by atoms with Gasteiger partial charge in [-0.2, -0.15) is 0 Å². The van der Waals surface area contributed by atoms with E-state index in [9.17, 15) is 4.79 Å². The van der Waals surface area contributed by atoms with Crippen LogP contribution in [0.3, 0.4) is 0 Å². The normalized spacial score (nSPS) is 11.1. The first-order chi connectivity index (χ1) is 6.27. The average molecular weight is 199 g/mol. The monoisotopic (exact) mass is 199 g/mol. The van der Waals surface area contributed by atoms with E-state index >= 15 is 0 Å². The molecule has 0 saturated carbocycles.